The predicted molar refractivity (Wildman–Crippen MR) is 52.3 cm³/mol. The summed E-state index contributed by atoms with van der Waals surface area (Å²) in [6, 6.07) is -0.0661. The number of aromatic nitrogens is 4. The molecule has 2 heterocycles. The molecular formula is C7H10N6S. The van der Waals surface area contributed by atoms with Gasteiger partial charge in [0.05, 0.1) is 11.0 Å². The summed E-state index contributed by atoms with van der Waals surface area (Å²) >= 11 is 1.60. The molecule has 0 aliphatic carbocycles. The zero-order valence-electron chi connectivity index (χ0n) is 7.34. The molecule has 2 aromatic rings. The van der Waals surface area contributed by atoms with Gasteiger partial charge in [-0.2, -0.15) is 5.10 Å². The molecule has 14 heavy (non-hydrogen) atoms. The maximum atomic E-state index is 5.42. The molecule has 0 aliphatic rings. The zero-order chi connectivity index (χ0) is 9.80. The van der Waals surface area contributed by atoms with Crippen LogP contribution in [-0.4, -0.2) is 20.2 Å². The van der Waals surface area contributed by atoms with Gasteiger partial charge < -0.3 is 0 Å². The molecule has 2 aromatic heterocycles. The molecule has 0 fully saturated rings. The molecule has 0 saturated carbocycles. The number of thiazole rings is 1. The van der Waals surface area contributed by atoms with Crippen molar-refractivity contribution in [3.8, 4) is 0 Å². The van der Waals surface area contributed by atoms with E-state index in [-0.39, 0.29) is 6.04 Å². The Labute approximate surface area is 84.6 Å². The number of nitrogens with zero attached hydrogens (tertiary/aromatic N) is 3. The van der Waals surface area contributed by atoms with Gasteiger partial charge in [0.15, 0.2) is 0 Å². The molecular weight excluding hydrogens is 200 g/mol. The number of nitrogens with one attached hydrogen (secondary N) is 2. The zero-order valence-corrected chi connectivity index (χ0v) is 8.16. The maximum Gasteiger partial charge on any atom is 0.143 e. The van der Waals surface area contributed by atoms with Crippen LogP contribution in [0.15, 0.2) is 17.9 Å². The quantitative estimate of drug-likeness (QED) is 0.488. The number of nitrogens with two attached hydrogens (primary N) is 1. The topological polar surface area (TPSA) is 92.5 Å². The van der Waals surface area contributed by atoms with Crippen LogP contribution < -0.4 is 11.3 Å². The Bertz CT molecular complexity index is 355. The lowest BCUT2D eigenvalue weighted by molar-refractivity contribution is 0.523. The average Bonchev–Trinajstić information content (AvgIpc) is 2.86. The summed E-state index contributed by atoms with van der Waals surface area (Å²) in [6.07, 6.45) is 3.94. The standard InChI is InChI=1S/C7H10N6S/c8-12-5(7-10-4-11-13-7)3-6-9-1-2-14-6/h1-2,4-5,12H,3,8H2,(H,10,11,13). The summed E-state index contributed by atoms with van der Waals surface area (Å²) in [5.74, 6) is 6.14. The Hall–Kier alpha value is -1.31. The van der Waals surface area contributed by atoms with E-state index in [2.05, 4.69) is 25.6 Å². The summed E-state index contributed by atoms with van der Waals surface area (Å²) < 4.78 is 0. The van der Waals surface area contributed by atoms with Crippen molar-refractivity contribution in [3.05, 3.63) is 28.7 Å². The van der Waals surface area contributed by atoms with Crippen LogP contribution in [0, 0.1) is 0 Å². The smallest absolute Gasteiger partial charge is 0.143 e. The fourth-order valence-corrected chi connectivity index (χ4v) is 1.81. The molecule has 0 radical (unpaired) electrons. The van der Waals surface area contributed by atoms with Crippen LogP contribution in [0.1, 0.15) is 16.9 Å². The van der Waals surface area contributed by atoms with E-state index in [1.165, 1.54) is 6.33 Å². The van der Waals surface area contributed by atoms with E-state index < -0.39 is 0 Å². The molecule has 0 amide bonds. The highest BCUT2D eigenvalue weighted by Crippen LogP contribution is 2.14. The second kappa shape index (κ2) is 4.27. The van der Waals surface area contributed by atoms with Gasteiger partial charge in [-0.05, 0) is 0 Å². The van der Waals surface area contributed by atoms with Crippen LogP contribution >= 0.6 is 11.3 Å². The van der Waals surface area contributed by atoms with E-state index in [9.17, 15) is 0 Å². The summed E-state index contributed by atoms with van der Waals surface area (Å²) in [5.41, 5.74) is 2.68. The largest absolute Gasteiger partial charge is 0.271 e. The first-order valence-corrected chi connectivity index (χ1v) is 4.98. The van der Waals surface area contributed by atoms with Gasteiger partial charge in [-0.15, -0.1) is 11.3 Å². The Morgan fingerprint density at radius 1 is 1.57 bits per heavy atom. The van der Waals surface area contributed by atoms with Crippen molar-refractivity contribution in [2.24, 2.45) is 5.84 Å². The van der Waals surface area contributed by atoms with Crippen molar-refractivity contribution < 1.29 is 0 Å². The van der Waals surface area contributed by atoms with E-state index in [1.807, 2.05) is 5.38 Å². The lowest BCUT2D eigenvalue weighted by atomic mass is 10.2. The minimum atomic E-state index is -0.0661. The van der Waals surface area contributed by atoms with Crippen molar-refractivity contribution >= 4 is 11.3 Å². The Kier molecular flexibility index (Phi) is 2.82. The number of hydrazine groups is 1. The van der Waals surface area contributed by atoms with E-state index in [0.29, 0.717) is 6.42 Å². The van der Waals surface area contributed by atoms with E-state index >= 15 is 0 Å². The summed E-state index contributed by atoms with van der Waals surface area (Å²) in [6.45, 7) is 0. The molecule has 1 unspecified atom stereocenters. The highest BCUT2D eigenvalue weighted by molar-refractivity contribution is 7.09. The third kappa shape index (κ3) is 1.95. The average molecular weight is 210 g/mol. The third-order valence-corrected chi connectivity index (χ3v) is 2.63. The predicted octanol–water partition coefficient (Wildman–Crippen LogP) is 0.00830. The van der Waals surface area contributed by atoms with Crippen molar-refractivity contribution in [2.45, 2.75) is 12.5 Å². The summed E-state index contributed by atoms with van der Waals surface area (Å²) in [4.78, 5) is 8.21. The Morgan fingerprint density at radius 3 is 3.07 bits per heavy atom. The molecule has 0 bridgehead atoms. The summed E-state index contributed by atoms with van der Waals surface area (Å²) in [7, 11) is 0. The lowest BCUT2D eigenvalue weighted by Gasteiger charge is -2.10. The lowest BCUT2D eigenvalue weighted by Crippen LogP contribution is -2.30. The number of aromatic amines is 1. The van der Waals surface area contributed by atoms with Crippen LogP contribution in [-0.2, 0) is 6.42 Å². The molecule has 1 atom stereocenters. The highest BCUT2D eigenvalue weighted by Gasteiger charge is 2.14. The van der Waals surface area contributed by atoms with Gasteiger partial charge in [0.25, 0.3) is 0 Å². The van der Waals surface area contributed by atoms with Gasteiger partial charge >= 0.3 is 0 Å². The monoisotopic (exact) mass is 210 g/mol. The second-order valence-electron chi connectivity index (χ2n) is 2.72. The van der Waals surface area contributed by atoms with Crippen LogP contribution in [0.2, 0.25) is 0 Å². The molecule has 74 valence electrons. The van der Waals surface area contributed by atoms with Gasteiger partial charge in [-0.1, -0.05) is 0 Å². The minimum Gasteiger partial charge on any atom is -0.271 e. The van der Waals surface area contributed by atoms with Gasteiger partial charge in [-0.3, -0.25) is 10.9 Å². The highest BCUT2D eigenvalue weighted by atomic mass is 32.1. The number of rotatable bonds is 4. The molecule has 0 spiro atoms. The molecule has 0 aromatic carbocycles. The number of hydrogen-bond acceptors (Lipinski definition) is 6. The number of hydrogen-bond donors (Lipinski definition) is 3. The molecule has 7 heteroatoms. The fourth-order valence-electron chi connectivity index (χ4n) is 1.15. The van der Waals surface area contributed by atoms with Gasteiger partial charge in [-0.25, -0.2) is 15.4 Å². The fraction of sp³-hybridized carbons (Fsp3) is 0.286. The van der Waals surface area contributed by atoms with Crippen molar-refractivity contribution in [1.29, 1.82) is 0 Å². The van der Waals surface area contributed by atoms with Crippen molar-refractivity contribution in [2.75, 3.05) is 0 Å². The van der Waals surface area contributed by atoms with E-state index in [0.717, 1.165) is 10.8 Å². The summed E-state index contributed by atoms with van der Waals surface area (Å²) in [5, 5.41) is 9.50. The molecule has 2 rings (SSSR count). The van der Waals surface area contributed by atoms with E-state index in [1.54, 1.807) is 17.5 Å². The maximum absolute atomic E-state index is 5.42. The normalized spacial score (nSPS) is 12.9. The number of H-pyrrole nitrogens is 1. The van der Waals surface area contributed by atoms with Gasteiger partial charge in [0.2, 0.25) is 0 Å². The van der Waals surface area contributed by atoms with Crippen LogP contribution in [0.4, 0.5) is 0 Å². The van der Waals surface area contributed by atoms with Crippen molar-refractivity contribution in [1.82, 2.24) is 25.6 Å². The molecule has 0 saturated heterocycles. The first-order valence-electron chi connectivity index (χ1n) is 4.10. The molecule has 4 N–H and O–H groups in total. The Balaban J connectivity index is 2.08. The van der Waals surface area contributed by atoms with Crippen molar-refractivity contribution in [3.63, 3.8) is 0 Å². The van der Waals surface area contributed by atoms with Crippen LogP contribution in [0.25, 0.3) is 0 Å². The first kappa shape index (κ1) is 9.25. The third-order valence-electron chi connectivity index (χ3n) is 1.83. The SMILES string of the molecule is NNC(Cc1nccs1)c1ncn[nH]1. The molecule has 6 nitrogen and oxygen atoms in total. The van der Waals surface area contributed by atoms with Gasteiger partial charge in [0.1, 0.15) is 12.2 Å². The first-order chi connectivity index (χ1) is 6.90. The second-order valence-corrected chi connectivity index (χ2v) is 3.70. The van der Waals surface area contributed by atoms with Crippen LogP contribution in [0.5, 0.6) is 0 Å². The van der Waals surface area contributed by atoms with Gasteiger partial charge in [0, 0.05) is 18.0 Å². The molecule has 0 aliphatic heterocycles. The minimum absolute atomic E-state index is 0.0661. The Morgan fingerprint density at radius 2 is 2.50 bits per heavy atom. The van der Waals surface area contributed by atoms with Crippen LogP contribution in [0.3, 0.4) is 0 Å². The van der Waals surface area contributed by atoms with E-state index in [4.69, 9.17) is 5.84 Å².